The van der Waals surface area contributed by atoms with E-state index in [0.29, 0.717) is 6.04 Å². The number of hydrogen-bond donors (Lipinski definition) is 2. The Kier molecular flexibility index (Phi) is 3.97. The zero-order valence-corrected chi connectivity index (χ0v) is 10.1. The summed E-state index contributed by atoms with van der Waals surface area (Å²) < 4.78 is 0. The first-order valence-corrected chi connectivity index (χ1v) is 6.32. The fourth-order valence-electron chi connectivity index (χ4n) is 2.54. The molecule has 1 aromatic rings. The summed E-state index contributed by atoms with van der Waals surface area (Å²) in [5.41, 5.74) is 8.78. The maximum atomic E-state index is 6.21. The van der Waals surface area contributed by atoms with E-state index in [9.17, 15) is 0 Å². The van der Waals surface area contributed by atoms with Crippen molar-refractivity contribution in [2.45, 2.75) is 44.7 Å². The Morgan fingerprint density at radius 2 is 2.00 bits per heavy atom. The van der Waals surface area contributed by atoms with E-state index in [2.05, 4.69) is 36.5 Å². The Balaban J connectivity index is 1.87. The summed E-state index contributed by atoms with van der Waals surface area (Å²) in [5, 5.41) is 3.58. The Hall–Kier alpha value is -0.860. The van der Waals surface area contributed by atoms with Crippen molar-refractivity contribution in [3.8, 4) is 0 Å². The van der Waals surface area contributed by atoms with Crippen molar-refractivity contribution in [3.63, 3.8) is 0 Å². The molecule has 1 aliphatic carbocycles. The quantitative estimate of drug-likeness (QED) is 0.815. The fraction of sp³-hybridized carbons (Fsp3) is 0.571. The van der Waals surface area contributed by atoms with E-state index in [1.807, 2.05) is 0 Å². The second-order valence-corrected chi connectivity index (χ2v) is 4.85. The topological polar surface area (TPSA) is 38.0 Å². The smallest absolute Gasteiger partial charge is 0.0424 e. The third kappa shape index (κ3) is 2.83. The van der Waals surface area contributed by atoms with Gasteiger partial charge >= 0.3 is 0 Å². The summed E-state index contributed by atoms with van der Waals surface area (Å²) in [5.74, 6) is 0. The summed E-state index contributed by atoms with van der Waals surface area (Å²) in [4.78, 5) is 0. The van der Waals surface area contributed by atoms with Crippen LogP contribution in [0, 0.1) is 6.92 Å². The lowest BCUT2D eigenvalue weighted by molar-refractivity contribution is 0.492. The lowest BCUT2D eigenvalue weighted by Gasteiger charge is -2.18. The molecule has 16 heavy (non-hydrogen) atoms. The van der Waals surface area contributed by atoms with E-state index in [1.54, 1.807) is 0 Å². The molecule has 0 bridgehead atoms. The summed E-state index contributed by atoms with van der Waals surface area (Å²) in [7, 11) is 0. The van der Waals surface area contributed by atoms with Crippen LogP contribution in [0.5, 0.6) is 0 Å². The van der Waals surface area contributed by atoms with Gasteiger partial charge in [0.25, 0.3) is 0 Å². The van der Waals surface area contributed by atoms with Gasteiger partial charge in [-0.25, -0.2) is 0 Å². The number of benzene rings is 1. The maximum absolute atomic E-state index is 6.21. The predicted molar refractivity (Wildman–Crippen MR) is 68.4 cm³/mol. The van der Waals surface area contributed by atoms with Crippen LogP contribution in [-0.4, -0.2) is 12.6 Å². The molecule has 0 radical (unpaired) electrons. The van der Waals surface area contributed by atoms with Gasteiger partial charge in [0.2, 0.25) is 0 Å². The molecular formula is C14H22N2. The number of aryl methyl sites for hydroxylation is 1. The van der Waals surface area contributed by atoms with Gasteiger partial charge in [0.15, 0.2) is 0 Å². The third-order valence-corrected chi connectivity index (χ3v) is 3.57. The van der Waals surface area contributed by atoms with E-state index < -0.39 is 0 Å². The average molecular weight is 218 g/mol. The molecule has 2 rings (SSSR count). The lowest BCUT2D eigenvalue weighted by Crippen LogP contribution is -2.33. The molecule has 0 amide bonds. The highest BCUT2D eigenvalue weighted by atomic mass is 14.9. The largest absolute Gasteiger partial charge is 0.323 e. The summed E-state index contributed by atoms with van der Waals surface area (Å²) in [6, 6.07) is 9.23. The van der Waals surface area contributed by atoms with Crippen LogP contribution in [0.4, 0.5) is 0 Å². The first-order chi connectivity index (χ1) is 7.77. The van der Waals surface area contributed by atoms with E-state index >= 15 is 0 Å². The predicted octanol–water partition coefficient (Wildman–Crippen LogP) is 2.53. The van der Waals surface area contributed by atoms with Crippen LogP contribution < -0.4 is 11.1 Å². The van der Waals surface area contributed by atoms with Crippen molar-refractivity contribution >= 4 is 0 Å². The number of hydrogen-bond acceptors (Lipinski definition) is 2. The Morgan fingerprint density at radius 1 is 1.31 bits per heavy atom. The van der Waals surface area contributed by atoms with Crippen molar-refractivity contribution in [1.82, 2.24) is 5.32 Å². The van der Waals surface area contributed by atoms with E-state index in [4.69, 9.17) is 5.73 Å². The van der Waals surface area contributed by atoms with Gasteiger partial charge in [-0.1, -0.05) is 37.1 Å². The molecule has 1 fully saturated rings. The third-order valence-electron chi connectivity index (χ3n) is 3.57. The van der Waals surface area contributed by atoms with Crippen molar-refractivity contribution < 1.29 is 0 Å². The van der Waals surface area contributed by atoms with E-state index in [-0.39, 0.29) is 6.04 Å². The lowest BCUT2D eigenvalue weighted by atomic mass is 10.0. The minimum Gasteiger partial charge on any atom is -0.323 e. The van der Waals surface area contributed by atoms with Crippen molar-refractivity contribution in [1.29, 1.82) is 0 Å². The van der Waals surface area contributed by atoms with Gasteiger partial charge in [-0.15, -0.1) is 0 Å². The highest BCUT2D eigenvalue weighted by molar-refractivity contribution is 5.28. The minimum atomic E-state index is 0.127. The number of nitrogens with one attached hydrogen (secondary N) is 1. The van der Waals surface area contributed by atoms with Crippen LogP contribution in [-0.2, 0) is 0 Å². The molecule has 3 N–H and O–H groups in total. The number of nitrogens with two attached hydrogens (primary N) is 1. The fourth-order valence-corrected chi connectivity index (χ4v) is 2.54. The molecule has 1 aliphatic rings. The standard InChI is InChI=1S/C14H22N2/c1-11-6-2-5-9-13(11)14(15)10-16-12-7-3-4-8-12/h2,5-6,9,12,14,16H,3-4,7-8,10,15H2,1H3. The minimum absolute atomic E-state index is 0.127. The van der Waals surface area contributed by atoms with Crippen LogP contribution in [0.25, 0.3) is 0 Å². The molecule has 0 spiro atoms. The normalized spacial score (nSPS) is 18.9. The molecule has 0 aliphatic heterocycles. The summed E-state index contributed by atoms with van der Waals surface area (Å²) in [6.07, 6.45) is 5.38. The van der Waals surface area contributed by atoms with E-state index in [1.165, 1.54) is 36.8 Å². The van der Waals surface area contributed by atoms with Crippen molar-refractivity contribution in [2.75, 3.05) is 6.54 Å². The molecule has 1 atom stereocenters. The molecule has 1 unspecified atom stereocenters. The Morgan fingerprint density at radius 3 is 2.69 bits per heavy atom. The zero-order valence-electron chi connectivity index (χ0n) is 10.1. The SMILES string of the molecule is Cc1ccccc1C(N)CNC1CCCC1. The first kappa shape index (κ1) is 11.6. The molecule has 88 valence electrons. The number of rotatable bonds is 4. The molecule has 2 nitrogen and oxygen atoms in total. The molecule has 0 aromatic heterocycles. The highest BCUT2D eigenvalue weighted by Gasteiger charge is 2.16. The van der Waals surface area contributed by atoms with Crippen molar-refractivity contribution in [2.24, 2.45) is 5.73 Å². The van der Waals surface area contributed by atoms with Crippen LogP contribution >= 0.6 is 0 Å². The molecular weight excluding hydrogens is 196 g/mol. The molecule has 1 aromatic carbocycles. The van der Waals surface area contributed by atoms with Crippen LogP contribution in [0.15, 0.2) is 24.3 Å². The average Bonchev–Trinajstić information content (AvgIpc) is 2.79. The second kappa shape index (κ2) is 5.46. The molecule has 0 saturated heterocycles. The van der Waals surface area contributed by atoms with Crippen molar-refractivity contribution in [3.05, 3.63) is 35.4 Å². The summed E-state index contributed by atoms with van der Waals surface area (Å²) in [6.45, 7) is 3.03. The van der Waals surface area contributed by atoms with Gasteiger partial charge in [-0.3, -0.25) is 0 Å². The van der Waals surface area contributed by atoms with Gasteiger partial charge < -0.3 is 11.1 Å². The van der Waals surface area contributed by atoms with Crippen LogP contribution in [0.1, 0.15) is 42.9 Å². The molecule has 0 heterocycles. The van der Waals surface area contributed by atoms with Gasteiger partial charge in [-0.05, 0) is 30.9 Å². The van der Waals surface area contributed by atoms with Crippen LogP contribution in [0.3, 0.4) is 0 Å². The first-order valence-electron chi connectivity index (χ1n) is 6.32. The molecule has 1 saturated carbocycles. The monoisotopic (exact) mass is 218 g/mol. The van der Waals surface area contributed by atoms with Gasteiger partial charge in [0.1, 0.15) is 0 Å². The van der Waals surface area contributed by atoms with Gasteiger partial charge in [0.05, 0.1) is 0 Å². The van der Waals surface area contributed by atoms with Crippen LogP contribution in [0.2, 0.25) is 0 Å². The van der Waals surface area contributed by atoms with Gasteiger partial charge in [0, 0.05) is 18.6 Å². The molecule has 2 heteroatoms. The summed E-state index contributed by atoms with van der Waals surface area (Å²) >= 11 is 0. The van der Waals surface area contributed by atoms with E-state index in [0.717, 1.165) is 6.54 Å². The second-order valence-electron chi connectivity index (χ2n) is 4.85. The highest BCUT2D eigenvalue weighted by Crippen LogP contribution is 2.19. The van der Waals surface area contributed by atoms with Gasteiger partial charge in [-0.2, -0.15) is 0 Å². The Bertz CT molecular complexity index is 329. The maximum Gasteiger partial charge on any atom is 0.0424 e. The zero-order chi connectivity index (χ0) is 11.4. The Labute approximate surface area is 98.2 Å².